The molecule has 40 heavy (non-hydrogen) atoms. The number of pyridine rings is 1. The lowest BCUT2D eigenvalue weighted by Gasteiger charge is -2.40. The lowest BCUT2D eigenvalue weighted by atomic mass is 9.82. The molecule has 0 radical (unpaired) electrons. The lowest BCUT2D eigenvalue weighted by molar-refractivity contribution is -0.136. The molecule has 1 fully saturated rings. The molecule has 8 nitrogen and oxygen atoms in total. The topological polar surface area (TPSA) is 104 Å². The highest BCUT2D eigenvalue weighted by Crippen LogP contribution is 2.40. The summed E-state index contributed by atoms with van der Waals surface area (Å²) >= 11 is 0. The zero-order valence-corrected chi connectivity index (χ0v) is 23.1. The van der Waals surface area contributed by atoms with Gasteiger partial charge in [-0.15, -0.1) is 0 Å². The van der Waals surface area contributed by atoms with Crippen LogP contribution in [0, 0.1) is 12.3 Å². The van der Waals surface area contributed by atoms with E-state index in [-0.39, 0.29) is 11.8 Å². The van der Waals surface area contributed by atoms with Crippen LogP contribution in [0.5, 0.6) is 0 Å². The summed E-state index contributed by atoms with van der Waals surface area (Å²) in [6.45, 7) is 8.86. The van der Waals surface area contributed by atoms with Gasteiger partial charge in [0.2, 0.25) is 0 Å². The normalized spacial score (nSPS) is 15.0. The molecular weight excluding hydrogens is 502 g/mol. The second kappa shape index (κ2) is 10.3. The molecule has 0 amide bonds. The van der Waals surface area contributed by atoms with Gasteiger partial charge in [0, 0.05) is 48.0 Å². The molecule has 3 aromatic heterocycles. The second-order valence-electron chi connectivity index (χ2n) is 11.4. The zero-order chi connectivity index (χ0) is 27.9. The molecule has 0 atom stereocenters. The Labute approximate surface area is 233 Å². The van der Waals surface area contributed by atoms with Gasteiger partial charge < -0.3 is 19.7 Å². The van der Waals surface area contributed by atoms with Crippen molar-refractivity contribution in [2.75, 3.05) is 23.3 Å². The standard InChI is InChI=1S/C32H33N5O3/c1-20-24(16-27(38)39)29(37-14-12-32(2,3)13-15-37)25(18-33-20)22-10-8-21(9-11-22)17-34-31-30-28(35-19-36-31)23-6-4-5-7-26(23)40-30/h4-11,18-19H,12-17H2,1-3H3,(H,38,39)(H,34,35,36). The van der Waals surface area contributed by atoms with Gasteiger partial charge in [-0.3, -0.25) is 9.78 Å². The third-order valence-corrected chi connectivity index (χ3v) is 8.01. The van der Waals surface area contributed by atoms with E-state index in [1.165, 1.54) is 0 Å². The summed E-state index contributed by atoms with van der Waals surface area (Å²) in [5.74, 6) is -0.188. The smallest absolute Gasteiger partial charge is 0.307 e. The Balaban J connectivity index is 1.28. The summed E-state index contributed by atoms with van der Waals surface area (Å²) in [6, 6.07) is 16.2. The highest BCUT2D eigenvalue weighted by atomic mass is 16.4. The van der Waals surface area contributed by atoms with E-state index in [9.17, 15) is 9.90 Å². The number of aromatic nitrogens is 3. The van der Waals surface area contributed by atoms with Gasteiger partial charge >= 0.3 is 5.97 Å². The minimum atomic E-state index is -0.842. The van der Waals surface area contributed by atoms with Crippen molar-refractivity contribution in [3.63, 3.8) is 0 Å². The number of carbonyl (C=O) groups is 1. The Morgan fingerprint density at radius 3 is 2.55 bits per heavy atom. The van der Waals surface area contributed by atoms with Crippen LogP contribution in [0.4, 0.5) is 11.5 Å². The number of benzene rings is 2. The van der Waals surface area contributed by atoms with Crippen molar-refractivity contribution in [2.24, 2.45) is 5.41 Å². The Bertz CT molecular complexity index is 1700. The first-order valence-electron chi connectivity index (χ1n) is 13.7. The van der Waals surface area contributed by atoms with Crippen molar-refractivity contribution in [1.29, 1.82) is 0 Å². The molecule has 1 saturated heterocycles. The molecule has 0 aliphatic carbocycles. The molecule has 6 rings (SSSR count). The average molecular weight is 536 g/mol. The Morgan fingerprint density at radius 2 is 1.80 bits per heavy atom. The molecule has 204 valence electrons. The molecule has 0 saturated carbocycles. The van der Waals surface area contributed by atoms with Gasteiger partial charge in [-0.1, -0.05) is 50.2 Å². The number of hydrogen-bond donors (Lipinski definition) is 2. The number of para-hydroxylation sites is 1. The van der Waals surface area contributed by atoms with Gasteiger partial charge in [0.25, 0.3) is 0 Å². The van der Waals surface area contributed by atoms with Crippen LogP contribution < -0.4 is 10.2 Å². The summed E-state index contributed by atoms with van der Waals surface area (Å²) in [5.41, 5.74) is 8.16. The second-order valence-corrected chi connectivity index (χ2v) is 11.4. The molecule has 2 aromatic carbocycles. The molecule has 2 N–H and O–H groups in total. The number of carboxylic acids is 1. The number of piperidine rings is 1. The predicted molar refractivity (Wildman–Crippen MR) is 158 cm³/mol. The molecule has 1 aliphatic heterocycles. The van der Waals surface area contributed by atoms with E-state index in [1.54, 1.807) is 6.33 Å². The summed E-state index contributed by atoms with van der Waals surface area (Å²) in [7, 11) is 0. The molecular formula is C32H33N5O3. The van der Waals surface area contributed by atoms with Crippen LogP contribution in [0.15, 0.2) is 65.5 Å². The number of aliphatic carboxylic acids is 1. The van der Waals surface area contributed by atoms with Crippen LogP contribution in [0.1, 0.15) is 43.5 Å². The van der Waals surface area contributed by atoms with Crippen molar-refractivity contribution in [2.45, 2.75) is 46.6 Å². The number of nitrogens with one attached hydrogen (secondary N) is 1. The van der Waals surface area contributed by atoms with Crippen LogP contribution in [-0.4, -0.2) is 39.1 Å². The maximum Gasteiger partial charge on any atom is 0.307 e. The van der Waals surface area contributed by atoms with Crippen LogP contribution >= 0.6 is 0 Å². The molecule has 5 aromatic rings. The van der Waals surface area contributed by atoms with Crippen LogP contribution in [-0.2, 0) is 17.8 Å². The summed E-state index contributed by atoms with van der Waals surface area (Å²) in [5, 5.41) is 14.1. The first-order valence-corrected chi connectivity index (χ1v) is 13.7. The monoisotopic (exact) mass is 535 g/mol. The summed E-state index contributed by atoms with van der Waals surface area (Å²) in [6.07, 6.45) is 5.53. The van der Waals surface area contributed by atoms with E-state index in [0.717, 1.165) is 76.1 Å². The third kappa shape index (κ3) is 4.97. The van der Waals surface area contributed by atoms with Gasteiger partial charge in [0.05, 0.1) is 12.1 Å². The summed E-state index contributed by atoms with van der Waals surface area (Å²) < 4.78 is 6.04. The number of furan rings is 1. The fraction of sp³-hybridized carbons (Fsp3) is 0.312. The molecule has 0 spiro atoms. The maximum atomic E-state index is 11.8. The van der Waals surface area contributed by atoms with Gasteiger partial charge in [-0.2, -0.15) is 0 Å². The summed E-state index contributed by atoms with van der Waals surface area (Å²) in [4.78, 5) is 27.6. The van der Waals surface area contributed by atoms with Gasteiger partial charge in [0.15, 0.2) is 11.4 Å². The number of rotatable bonds is 7. The minimum absolute atomic E-state index is 0.0426. The first-order chi connectivity index (χ1) is 19.3. The number of carboxylic acid groups (broad SMARTS) is 1. The van der Waals surface area contributed by atoms with Gasteiger partial charge in [-0.05, 0) is 48.4 Å². The predicted octanol–water partition coefficient (Wildman–Crippen LogP) is 6.61. The highest BCUT2D eigenvalue weighted by Gasteiger charge is 2.29. The number of nitrogens with zero attached hydrogens (tertiary/aromatic N) is 4. The highest BCUT2D eigenvalue weighted by molar-refractivity contribution is 6.05. The maximum absolute atomic E-state index is 11.8. The molecule has 0 unspecified atom stereocenters. The van der Waals surface area contributed by atoms with Crippen molar-refractivity contribution in [3.8, 4) is 11.1 Å². The number of anilines is 2. The largest absolute Gasteiger partial charge is 0.481 e. The van der Waals surface area contributed by atoms with Crippen LogP contribution in [0.25, 0.3) is 33.2 Å². The van der Waals surface area contributed by atoms with E-state index in [4.69, 9.17) is 4.42 Å². The van der Waals surface area contributed by atoms with Crippen molar-refractivity contribution in [3.05, 3.63) is 77.9 Å². The fourth-order valence-corrected chi connectivity index (χ4v) is 5.54. The van der Waals surface area contributed by atoms with E-state index in [2.05, 4.69) is 63.3 Å². The Morgan fingerprint density at radius 1 is 1.05 bits per heavy atom. The van der Waals surface area contributed by atoms with Gasteiger partial charge in [-0.25, -0.2) is 9.97 Å². The quantitative estimate of drug-likeness (QED) is 0.240. The lowest BCUT2D eigenvalue weighted by Crippen LogP contribution is -2.38. The average Bonchev–Trinajstić information content (AvgIpc) is 3.33. The molecule has 4 heterocycles. The van der Waals surface area contributed by atoms with Crippen molar-refractivity contribution in [1.82, 2.24) is 15.0 Å². The first kappa shape index (κ1) is 25.8. The Hall–Kier alpha value is -4.46. The van der Waals surface area contributed by atoms with E-state index in [0.29, 0.717) is 17.9 Å². The van der Waals surface area contributed by atoms with Crippen LogP contribution in [0.2, 0.25) is 0 Å². The van der Waals surface area contributed by atoms with E-state index < -0.39 is 5.97 Å². The van der Waals surface area contributed by atoms with Crippen molar-refractivity contribution >= 4 is 39.5 Å². The molecule has 0 bridgehead atoms. The molecule has 8 heteroatoms. The Kier molecular flexibility index (Phi) is 6.62. The fourth-order valence-electron chi connectivity index (χ4n) is 5.54. The number of hydrogen-bond acceptors (Lipinski definition) is 7. The van der Waals surface area contributed by atoms with Gasteiger partial charge in [0.1, 0.15) is 17.4 Å². The zero-order valence-electron chi connectivity index (χ0n) is 23.1. The van der Waals surface area contributed by atoms with Crippen LogP contribution in [0.3, 0.4) is 0 Å². The van der Waals surface area contributed by atoms with E-state index >= 15 is 0 Å². The molecule has 1 aliphatic rings. The number of fused-ring (bicyclic) bond motifs is 3. The third-order valence-electron chi connectivity index (χ3n) is 8.01. The number of aryl methyl sites for hydroxylation is 1. The van der Waals surface area contributed by atoms with Crippen molar-refractivity contribution < 1.29 is 14.3 Å². The SMILES string of the molecule is Cc1ncc(-c2ccc(CNc3ncnc4c3oc3ccccc34)cc2)c(N2CCC(C)(C)CC2)c1CC(=O)O. The minimum Gasteiger partial charge on any atom is -0.481 e. The van der Waals surface area contributed by atoms with E-state index in [1.807, 2.05) is 37.4 Å².